The van der Waals surface area contributed by atoms with Crippen LogP contribution in [0, 0.1) is 0 Å². The molecule has 0 atom stereocenters. The van der Waals surface area contributed by atoms with E-state index in [-0.39, 0.29) is 5.78 Å². The molecular weight excluding hydrogens is 186 g/mol. The summed E-state index contributed by atoms with van der Waals surface area (Å²) in [5.74, 6) is 0.559. The Bertz CT molecular complexity index is 327. The third kappa shape index (κ3) is 2.18. The lowest BCUT2D eigenvalue weighted by molar-refractivity contribution is 0.101. The Balaban J connectivity index is 3.15. The smallest absolute Gasteiger partial charge is 0.189 e. The molecule has 1 aromatic rings. The highest BCUT2D eigenvalue weighted by molar-refractivity contribution is 7.98. The number of rotatable bonds is 3. The second-order valence-electron chi connectivity index (χ2n) is 2.43. The predicted octanol–water partition coefficient (Wildman–Crippen LogP) is 1.44. The number of hydrogen-bond acceptors (Lipinski definition) is 5. The van der Waals surface area contributed by atoms with Crippen LogP contribution in [0.3, 0.4) is 0 Å². The quantitative estimate of drug-likeness (QED) is 0.451. The minimum absolute atomic E-state index is 0.0306. The summed E-state index contributed by atoms with van der Waals surface area (Å²) in [5.41, 5.74) is 0.528. The van der Waals surface area contributed by atoms with Gasteiger partial charge in [0.1, 0.15) is 5.82 Å². The lowest BCUT2D eigenvalue weighted by atomic mass is 10.2. The Morgan fingerprint density at radius 1 is 1.62 bits per heavy atom. The standard InChI is InChI=1S/C8H11N3OS/c1-5(12)6-4-10-8(13-3)11-7(6)9-2/h4H,1-3H3,(H,9,10,11). The van der Waals surface area contributed by atoms with Gasteiger partial charge in [0.2, 0.25) is 0 Å². The van der Waals surface area contributed by atoms with E-state index in [1.165, 1.54) is 18.7 Å². The van der Waals surface area contributed by atoms with Gasteiger partial charge in [0.05, 0.1) is 5.56 Å². The SMILES string of the molecule is CNc1nc(SC)ncc1C(C)=O. The lowest BCUT2D eigenvalue weighted by Crippen LogP contribution is -2.04. The number of anilines is 1. The fourth-order valence-corrected chi connectivity index (χ4v) is 1.25. The van der Waals surface area contributed by atoms with Crippen molar-refractivity contribution < 1.29 is 4.79 Å². The zero-order chi connectivity index (χ0) is 9.84. The summed E-state index contributed by atoms with van der Waals surface area (Å²) in [7, 11) is 1.74. The lowest BCUT2D eigenvalue weighted by Gasteiger charge is -2.05. The number of hydrogen-bond donors (Lipinski definition) is 1. The molecule has 0 aliphatic rings. The van der Waals surface area contributed by atoms with Crippen LogP contribution in [0.15, 0.2) is 11.4 Å². The first kappa shape index (κ1) is 9.98. The van der Waals surface area contributed by atoms with Crippen LogP contribution in [0.1, 0.15) is 17.3 Å². The van der Waals surface area contributed by atoms with Crippen LogP contribution in [0.4, 0.5) is 5.82 Å². The molecule has 5 heteroatoms. The molecule has 0 radical (unpaired) electrons. The van der Waals surface area contributed by atoms with Gasteiger partial charge in [0, 0.05) is 13.2 Å². The van der Waals surface area contributed by atoms with Crippen molar-refractivity contribution >= 4 is 23.4 Å². The van der Waals surface area contributed by atoms with E-state index in [2.05, 4.69) is 15.3 Å². The minimum Gasteiger partial charge on any atom is -0.372 e. The topological polar surface area (TPSA) is 54.9 Å². The monoisotopic (exact) mass is 197 g/mol. The summed E-state index contributed by atoms with van der Waals surface area (Å²) in [6.07, 6.45) is 3.44. The highest BCUT2D eigenvalue weighted by Crippen LogP contribution is 2.15. The van der Waals surface area contributed by atoms with Gasteiger partial charge in [-0.2, -0.15) is 0 Å². The highest BCUT2D eigenvalue weighted by atomic mass is 32.2. The fraction of sp³-hybridized carbons (Fsp3) is 0.375. The van der Waals surface area contributed by atoms with E-state index < -0.39 is 0 Å². The highest BCUT2D eigenvalue weighted by Gasteiger charge is 2.08. The van der Waals surface area contributed by atoms with Crippen LogP contribution < -0.4 is 5.32 Å². The molecule has 0 aliphatic heterocycles. The number of aromatic nitrogens is 2. The first-order valence-corrected chi connectivity index (χ1v) is 5.01. The molecule has 1 aromatic heterocycles. The van der Waals surface area contributed by atoms with E-state index in [1.54, 1.807) is 13.2 Å². The van der Waals surface area contributed by atoms with Gasteiger partial charge in [0.15, 0.2) is 10.9 Å². The van der Waals surface area contributed by atoms with Gasteiger partial charge in [-0.25, -0.2) is 9.97 Å². The summed E-state index contributed by atoms with van der Waals surface area (Å²) in [4.78, 5) is 19.3. The van der Waals surface area contributed by atoms with Crippen LogP contribution >= 0.6 is 11.8 Å². The van der Waals surface area contributed by atoms with Crippen LogP contribution in [-0.4, -0.2) is 29.1 Å². The largest absolute Gasteiger partial charge is 0.372 e. The molecule has 0 unspecified atom stereocenters. The first-order chi connectivity index (χ1) is 6.19. The average molecular weight is 197 g/mol. The molecule has 1 rings (SSSR count). The molecule has 0 aromatic carbocycles. The van der Waals surface area contributed by atoms with Crippen LogP contribution in [0.25, 0.3) is 0 Å². The number of carbonyl (C=O) groups is 1. The van der Waals surface area contributed by atoms with E-state index >= 15 is 0 Å². The molecule has 0 amide bonds. The van der Waals surface area contributed by atoms with Crippen LogP contribution in [0.2, 0.25) is 0 Å². The van der Waals surface area contributed by atoms with Crippen molar-refractivity contribution in [2.45, 2.75) is 12.1 Å². The number of ketones is 1. The zero-order valence-electron chi connectivity index (χ0n) is 7.79. The zero-order valence-corrected chi connectivity index (χ0v) is 8.60. The number of thioether (sulfide) groups is 1. The summed E-state index contributed by atoms with van der Waals surface area (Å²) in [6.45, 7) is 1.50. The predicted molar refractivity (Wildman–Crippen MR) is 53.4 cm³/mol. The molecule has 0 fully saturated rings. The second-order valence-corrected chi connectivity index (χ2v) is 3.20. The van der Waals surface area contributed by atoms with Crippen molar-refractivity contribution in [1.29, 1.82) is 0 Å². The van der Waals surface area contributed by atoms with Gasteiger partial charge in [0.25, 0.3) is 0 Å². The summed E-state index contributed by atoms with van der Waals surface area (Å²) in [5, 5.41) is 3.53. The van der Waals surface area contributed by atoms with Gasteiger partial charge in [-0.1, -0.05) is 11.8 Å². The molecule has 0 aliphatic carbocycles. The fourth-order valence-electron chi connectivity index (χ4n) is 0.912. The average Bonchev–Trinajstić information content (AvgIpc) is 2.16. The molecule has 0 saturated heterocycles. The third-order valence-electron chi connectivity index (χ3n) is 1.57. The van der Waals surface area contributed by atoms with Crippen molar-refractivity contribution in [3.8, 4) is 0 Å². The van der Waals surface area contributed by atoms with E-state index in [0.29, 0.717) is 16.5 Å². The molecule has 1 heterocycles. The van der Waals surface area contributed by atoms with E-state index in [4.69, 9.17) is 0 Å². The molecule has 1 N–H and O–H groups in total. The van der Waals surface area contributed by atoms with E-state index in [9.17, 15) is 4.79 Å². The van der Waals surface area contributed by atoms with E-state index in [1.807, 2.05) is 6.26 Å². The number of nitrogens with zero attached hydrogens (tertiary/aromatic N) is 2. The maximum Gasteiger partial charge on any atom is 0.189 e. The van der Waals surface area contributed by atoms with Gasteiger partial charge in [-0.05, 0) is 13.2 Å². The summed E-state index contributed by atoms with van der Waals surface area (Å²) >= 11 is 1.45. The van der Waals surface area contributed by atoms with Crippen molar-refractivity contribution in [3.63, 3.8) is 0 Å². The molecule has 0 saturated carbocycles. The first-order valence-electron chi connectivity index (χ1n) is 3.78. The second kappa shape index (κ2) is 4.23. The Morgan fingerprint density at radius 2 is 2.31 bits per heavy atom. The Morgan fingerprint density at radius 3 is 2.77 bits per heavy atom. The molecular formula is C8H11N3OS. The number of carbonyl (C=O) groups excluding carboxylic acids is 1. The third-order valence-corrected chi connectivity index (χ3v) is 2.13. The maximum absolute atomic E-state index is 11.1. The summed E-state index contributed by atoms with van der Waals surface area (Å²) in [6, 6.07) is 0. The molecule has 70 valence electrons. The van der Waals surface area contributed by atoms with Crippen molar-refractivity contribution in [2.75, 3.05) is 18.6 Å². The molecule has 0 spiro atoms. The van der Waals surface area contributed by atoms with Gasteiger partial charge in [-0.15, -0.1) is 0 Å². The minimum atomic E-state index is -0.0306. The number of nitrogens with one attached hydrogen (secondary N) is 1. The van der Waals surface area contributed by atoms with Gasteiger partial charge < -0.3 is 5.32 Å². The molecule has 0 bridgehead atoms. The van der Waals surface area contributed by atoms with E-state index in [0.717, 1.165) is 0 Å². The van der Waals surface area contributed by atoms with Crippen LogP contribution in [0.5, 0.6) is 0 Å². The number of Topliss-reactive ketones (excluding diaryl/α,β-unsaturated/α-hetero) is 1. The normalized spacial score (nSPS) is 9.77. The molecule has 13 heavy (non-hydrogen) atoms. The molecule has 4 nitrogen and oxygen atoms in total. The van der Waals surface area contributed by atoms with Crippen LogP contribution in [-0.2, 0) is 0 Å². The van der Waals surface area contributed by atoms with Gasteiger partial charge >= 0.3 is 0 Å². The summed E-state index contributed by atoms with van der Waals surface area (Å²) < 4.78 is 0. The van der Waals surface area contributed by atoms with Crippen molar-refractivity contribution in [1.82, 2.24) is 9.97 Å². The van der Waals surface area contributed by atoms with Crippen molar-refractivity contribution in [3.05, 3.63) is 11.8 Å². The maximum atomic E-state index is 11.1. The Kier molecular flexibility index (Phi) is 3.25. The Labute approximate surface area is 81.2 Å². The Hall–Kier alpha value is -1.10. The van der Waals surface area contributed by atoms with Crippen molar-refractivity contribution in [2.24, 2.45) is 0 Å². The van der Waals surface area contributed by atoms with Gasteiger partial charge in [-0.3, -0.25) is 4.79 Å².